The molecule has 0 spiro atoms. The number of phenolic OH excluding ortho intramolecular Hbond substituents is 1. The zero-order valence-corrected chi connectivity index (χ0v) is 87.4. The van der Waals surface area contributed by atoms with E-state index in [-0.39, 0.29) is 146 Å². The van der Waals surface area contributed by atoms with Crippen LogP contribution in [0.3, 0.4) is 0 Å². The largest absolute Gasteiger partial charge is 0.508 e. The molecule has 23 N–H and O–H groups in total. The monoisotopic (exact) mass is 2080 g/mol. The predicted molar refractivity (Wildman–Crippen MR) is 557 cm³/mol. The van der Waals surface area contributed by atoms with Crippen LogP contribution in [-0.4, -0.2) is 268 Å². The quantitative estimate of drug-likeness (QED) is 0.0140. The number of aliphatic hydroxyl groups excluding tert-OH is 3. The fourth-order valence-corrected chi connectivity index (χ4v) is 19.5. The number of carbonyl (C=O) groups excluding carboxylic acids is 16. The third kappa shape index (κ3) is 43.5. The summed E-state index contributed by atoms with van der Waals surface area (Å²) < 4.78 is 0. The molecule has 2 fully saturated rings. The summed E-state index contributed by atoms with van der Waals surface area (Å²) in [7, 11) is 0. The van der Waals surface area contributed by atoms with Crippen molar-refractivity contribution in [3.05, 3.63) is 155 Å². The van der Waals surface area contributed by atoms with E-state index in [1.165, 1.54) is 133 Å². The summed E-state index contributed by atoms with van der Waals surface area (Å²) in [6.07, 6.45) is 15.4. The maximum atomic E-state index is 15.2. The Morgan fingerprint density at radius 3 is 1.37 bits per heavy atom. The van der Waals surface area contributed by atoms with Crippen LogP contribution in [0.2, 0.25) is 0 Å². The lowest BCUT2D eigenvalue weighted by atomic mass is 9.99. The van der Waals surface area contributed by atoms with Crippen LogP contribution in [0.25, 0.3) is 0 Å². The summed E-state index contributed by atoms with van der Waals surface area (Å²) in [4.78, 5) is 246. The molecule has 147 heavy (non-hydrogen) atoms. The lowest BCUT2D eigenvalue weighted by Crippen LogP contribution is -2.63. The highest BCUT2D eigenvalue weighted by molar-refractivity contribution is 8.13. The van der Waals surface area contributed by atoms with E-state index in [4.69, 9.17) is 5.73 Å². The van der Waals surface area contributed by atoms with E-state index in [0.717, 1.165) is 63.0 Å². The Kier molecular flexibility index (Phi) is 53.5. The normalized spacial score (nSPS) is 16.7. The number of fused-ring (bicyclic) bond motifs is 1. The predicted octanol–water partition coefficient (Wildman–Crippen LogP) is 4.88. The first kappa shape index (κ1) is 122. The number of hydrogen-bond acceptors (Lipinski definition) is 25. The first-order valence-electron chi connectivity index (χ1n) is 51.4. The molecule has 0 radical (unpaired) electrons. The molecule has 2 aliphatic rings. The number of urea groups is 1. The number of unbranched alkanes of at least 4 members (excludes halogenated alkanes) is 14. The minimum Gasteiger partial charge on any atom is -0.508 e. The summed E-state index contributed by atoms with van der Waals surface area (Å²) in [5.74, 6) is -13.8. The molecule has 40 nitrogen and oxygen atoms in total. The highest BCUT2D eigenvalue weighted by atomic mass is 32.2. The Hall–Kier alpha value is -12.4. The number of aromatic hydroxyl groups is 1. The number of aliphatic carboxylic acids is 1. The zero-order valence-electron chi connectivity index (χ0n) is 85.7. The molecule has 1 aromatic heterocycles. The number of ketones is 1. The van der Waals surface area contributed by atoms with E-state index in [0.29, 0.717) is 41.5 Å². The summed E-state index contributed by atoms with van der Waals surface area (Å²) in [6.45, 7) is 13.4. The van der Waals surface area contributed by atoms with E-state index in [9.17, 15) is 102 Å². The standard InChI is InChI=1S/C105H154N18O22S2/c1-10-11-12-13-14-15-16-17-18-19-20-21-28-39-86(128)111-77(52-62(2)3)99(138)121-88(66(8)125)102(141)118-79(56-70-43-47-74(127)48-44-70)95(134)110-65(7)93(132)115-80(55-69-41-45-72(46-42-69)91(130)71-35-26-23-27-36-71)98(137)117-82(57-73-58-107-61-108-73)100(139)122-89(67(9)126)103(142)119-83(59-124)101(140)116-81(54-68-33-24-22-25-34-68)97(136)112-75(37-31-32-50-106)94(133)109-64(6)92(131)114-78(53-63(4)5)96(135)113-76(104(143)144)49-51-146-87(129)40-30-29-38-85-90-84(60-147-85)120-105(145)123-90/h22-27,33-36,41-48,58,61-67,75-85,88-90,124-127H,10-21,28-32,37-40,49-57,59-60,106H2,1-9H3,(H,107,108)(H,109,133)(H,110,134)(H,111,128)(H,112,136)(H,113,135)(H,114,131)(H,115,132)(H,116,140)(H,117,137)(H,118,141)(H,119,142)(H,121,138)(H,122,139)(H,143,144)(H2,120,123,145)/t64-,65-,66+,67+,75-,76+,77-,78-,79-,80-,81-,82-,83-,84-,85-,88-,89-,90-/m0/s1. The first-order chi connectivity index (χ1) is 70.2. The molecule has 2 aliphatic heterocycles. The molecule has 0 bridgehead atoms. The van der Waals surface area contributed by atoms with Gasteiger partial charge in [-0.3, -0.25) is 71.9 Å². The SMILES string of the molecule is CCCCCCCCCCCCCCCC(=O)N[C@@H](CC(C)C)C(=O)N[C@H](C(=O)N[C@@H](Cc1ccc(O)cc1)C(=O)N[C@@H](C)C(=O)N[C@@H](Cc1ccc(C(=O)c2ccccc2)cc1)C(=O)N[C@@H](Cc1cnc[nH]1)C(=O)N[C@H](C(=O)N[C@@H](CO)C(=O)N[C@@H](Cc1ccccc1)C(=O)N[C@@H](CCCCN)C(=O)N[C@@H](C)C(=O)N[C@@H](CC(C)C)C(=O)N[C@H](CCSC(=O)CCCC[C@@H]1SC[C@@H]2NC(=O)N[C@@H]21)C(=O)O)[C@@H](C)O)[C@@H](C)O. The van der Waals surface area contributed by atoms with Gasteiger partial charge in [-0.1, -0.05) is 227 Å². The van der Waals surface area contributed by atoms with Crippen LogP contribution in [0.15, 0.2) is 122 Å². The Bertz CT molecular complexity index is 5050. The lowest BCUT2D eigenvalue weighted by molar-refractivity contribution is -0.142. The van der Waals surface area contributed by atoms with Gasteiger partial charge in [0.1, 0.15) is 84.3 Å². The van der Waals surface area contributed by atoms with Crippen molar-refractivity contribution in [2.45, 2.75) is 350 Å². The number of H-pyrrole nitrogens is 1. The number of carbonyl (C=O) groups is 17. The molecule has 2 saturated heterocycles. The van der Waals surface area contributed by atoms with Gasteiger partial charge in [0.05, 0.1) is 37.2 Å². The number of rotatable bonds is 69. The van der Waals surface area contributed by atoms with E-state index in [1.807, 2.05) is 13.8 Å². The third-order valence-electron chi connectivity index (χ3n) is 25.4. The van der Waals surface area contributed by atoms with Crippen molar-refractivity contribution in [2.24, 2.45) is 17.6 Å². The van der Waals surface area contributed by atoms with E-state index < -0.39 is 181 Å². The van der Waals surface area contributed by atoms with Crippen molar-refractivity contribution >= 4 is 123 Å². The Morgan fingerprint density at radius 1 is 0.435 bits per heavy atom. The Morgan fingerprint density at radius 2 is 0.857 bits per heavy atom. The van der Waals surface area contributed by atoms with Crippen LogP contribution < -0.4 is 85.5 Å². The van der Waals surface area contributed by atoms with Gasteiger partial charge in [-0.15, -0.1) is 0 Å². The van der Waals surface area contributed by atoms with Gasteiger partial charge in [0.25, 0.3) is 0 Å². The van der Waals surface area contributed by atoms with Crippen molar-refractivity contribution < 1.29 is 107 Å². The fourth-order valence-electron chi connectivity index (χ4n) is 17.0. The van der Waals surface area contributed by atoms with Gasteiger partial charge in [0, 0.05) is 78.3 Å². The van der Waals surface area contributed by atoms with Gasteiger partial charge in [0.15, 0.2) is 10.9 Å². The number of phenols is 1. The second-order valence-electron chi connectivity index (χ2n) is 38.9. The average Bonchev–Trinajstić information content (AvgIpc) is 1.69. The molecular formula is C105H154N18O22S2. The van der Waals surface area contributed by atoms with Gasteiger partial charge >= 0.3 is 12.0 Å². The Labute approximate surface area is 868 Å². The topological polar surface area (TPSA) is 626 Å². The van der Waals surface area contributed by atoms with Gasteiger partial charge in [0.2, 0.25) is 76.8 Å². The molecule has 18 atom stereocenters. The van der Waals surface area contributed by atoms with Gasteiger partial charge in [-0.05, 0) is 133 Å². The highest BCUT2D eigenvalue weighted by Crippen LogP contribution is 2.34. The molecule has 4 aromatic carbocycles. The summed E-state index contributed by atoms with van der Waals surface area (Å²) in [6, 6.07) is 7.55. The van der Waals surface area contributed by atoms with Crippen molar-refractivity contribution in [3.63, 3.8) is 0 Å². The number of carboxylic acid groups (broad SMARTS) is 1. The zero-order chi connectivity index (χ0) is 108. The molecule has 0 unspecified atom stereocenters. The van der Waals surface area contributed by atoms with Crippen LogP contribution in [0.4, 0.5) is 4.79 Å². The van der Waals surface area contributed by atoms with Crippen LogP contribution in [0.5, 0.6) is 5.75 Å². The smallest absolute Gasteiger partial charge is 0.326 e. The average molecular weight is 2080 g/mol. The number of carboxylic acids is 1. The second kappa shape index (κ2) is 64.7. The molecule has 7 rings (SSSR count). The number of aromatic nitrogens is 2. The summed E-state index contributed by atoms with van der Waals surface area (Å²) >= 11 is 2.72. The molecular weight excluding hydrogens is 1930 g/mol. The molecule has 0 saturated carbocycles. The van der Waals surface area contributed by atoms with Gasteiger partial charge in [-0.25, -0.2) is 14.6 Å². The van der Waals surface area contributed by atoms with Crippen LogP contribution >= 0.6 is 23.5 Å². The van der Waals surface area contributed by atoms with Crippen molar-refractivity contribution in [3.8, 4) is 5.75 Å². The number of aromatic amines is 1. The molecule has 808 valence electrons. The number of nitrogens with two attached hydrogens (primary N) is 1. The van der Waals surface area contributed by atoms with E-state index >= 15 is 4.79 Å². The molecule has 5 aromatic rings. The highest BCUT2D eigenvalue weighted by Gasteiger charge is 2.44. The summed E-state index contributed by atoms with van der Waals surface area (Å²) in [5, 5.41) is 93.2. The van der Waals surface area contributed by atoms with Gasteiger partial charge < -0.3 is 116 Å². The number of nitrogens with zero attached hydrogens (tertiary/aromatic N) is 1. The maximum Gasteiger partial charge on any atom is 0.326 e. The molecule has 0 aliphatic carbocycles. The van der Waals surface area contributed by atoms with Crippen LogP contribution in [-0.2, 0) is 97.6 Å². The first-order valence-corrected chi connectivity index (χ1v) is 53.4. The number of aliphatic hydroxyl groups is 3. The summed E-state index contributed by atoms with van der Waals surface area (Å²) in [5.41, 5.74) is 7.90. The minimum atomic E-state index is -2.01. The van der Waals surface area contributed by atoms with E-state index in [1.54, 1.807) is 86.3 Å². The fraction of sp³-hybridized carbons (Fsp3) is 0.581. The second-order valence-corrected chi connectivity index (χ2v) is 41.3. The van der Waals surface area contributed by atoms with Gasteiger partial charge in [-0.2, -0.15) is 11.8 Å². The molecule has 42 heteroatoms. The third-order valence-corrected chi connectivity index (χ3v) is 27.9. The van der Waals surface area contributed by atoms with Crippen LogP contribution in [0, 0.1) is 11.8 Å². The minimum absolute atomic E-state index is 0.0263. The maximum absolute atomic E-state index is 15.2. The Balaban J connectivity index is 1.03. The van der Waals surface area contributed by atoms with Crippen molar-refractivity contribution in [1.82, 2.24) is 89.7 Å². The number of nitrogens with one attached hydrogen (secondary N) is 16. The van der Waals surface area contributed by atoms with Crippen LogP contribution in [0.1, 0.15) is 255 Å². The van der Waals surface area contributed by atoms with E-state index in [2.05, 4.69) is 96.6 Å². The lowest BCUT2D eigenvalue weighted by Gasteiger charge is -2.29. The molecule has 3 heterocycles. The van der Waals surface area contributed by atoms with Crippen molar-refractivity contribution in [2.75, 3.05) is 24.7 Å². The van der Waals surface area contributed by atoms with Crippen molar-refractivity contribution in [1.29, 1.82) is 0 Å². The molecule has 15 amide bonds. The number of imidazole rings is 1. The number of thioether (sulfide) groups is 2. The number of hydrogen-bond donors (Lipinski definition) is 22. The number of benzene rings is 4. The number of amides is 15.